The minimum atomic E-state index is -0.268. The molecule has 0 aliphatic rings. The molecule has 0 aromatic carbocycles. The maximum absolute atomic E-state index is 11.9. The van der Waals surface area contributed by atoms with Crippen LogP contribution in [0.5, 0.6) is 0 Å². The lowest BCUT2D eigenvalue weighted by atomic mass is 10.2. The average molecular weight is 288 g/mol. The molecule has 1 atom stereocenters. The van der Waals surface area contributed by atoms with Crippen molar-refractivity contribution in [1.29, 1.82) is 0 Å². The second-order valence-electron chi connectivity index (χ2n) is 4.04. The second kappa shape index (κ2) is 7.93. The molecule has 0 saturated carbocycles. The zero-order chi connectivity index (χ0) is 14.3. The Morgan fingerprint density at radius 1 is 1.63 bits per heavy atom. The van der Waals surface area contributed by atoms with Crippen LogP contribution in [0.25, 0.3) is 0 Å². The van der Waals surface area contributed by atoms with Crippen molar-refractivity contribution < 1.29 is 14.6 Å². The topological polar surface area (TPSA) is 110 Å². The van der Waals surface area contributed by atoms with E-state index in [9.17, 15) is 4.79 Å². The molecular weight excluding hydrogens is 268 g/mol. The van der Waals surface area contributed by atoms with Gasteiger partial charge in [0, 0.05) is 26.3 Å². The van der Waals surface area contributed by atoms with Gasteiger partial charge < -0.3 is 26.2 Å². The van der Waals surface area contributed by atoms with E-state index in [1.807, 2.05) is 6.92 Å². The number of hydrogen-bond acceptors (Lipinski definition) is 7. The van der Waals surface area contributed by atoms with E-state index >= 15 is 0 Å². The Balaban J connectivity index is 2.59. The number of aromatic nitrogens is 1. The molecule has 8 heteroatoms. The van der Waals surface area contributed by atoms with E-state index in [0.717, 1.165) is 0 Å². The number of nitrogens with zero attached hydrogens (tertiary/aromatic N) is 1. The Kier molecular flexibility index (Phi) is 6.54. The van der Waals surface area contributed by atoms with E-state index in [-0.39, 0.29) is 24.4 Å². The van der Waals surface area contributed by atoms with E-state index in [1.54, 1.807) is 7.11 Å². The first-order valence-corrected chi connectivity index (χ1v) is 6.81. The highest BCUT2D eigenvalue weighted by atomic mass is 32.1. The number of carbonyl (C=O) groups is 1. The molecule has 108 valence electrons. The van der Waals surface area contributed by atoms with E-state index in [0.29, 0.717) is 29.6 Å². The van der Waals surface area contributed by atoms with Gasteiger partial charge in [0.05, 0.1) is 6.61 Å². The first-order valence-electron chi connectivity index (χ1n) is 5.99. The van der Waals surface area contributed by atoms with Crippen LogP contribution in [0.3, 0.4) is 0 Å². The van der Waals surface area contributed by atoms with Gasteiger partial charge in [0.2, 0.25) is 0 Å². The molecule has 0 aliphatic carbocycles. The summed E-state index contributed by atoms with van der Waals surface area (Å²) in [4.78, 5) is 16.4. The third kappa shape index (κ3) is 5.01. The summed E-state index contributed by atoms with van der Waals surface area (Å²) in [5.74, 6) is -0.0608. The Bertz CT molecular complexity index is 411. The van der Waals surface area contributed by atoms with Crippen LogP contribution in [-0.2, 0) is 4.74 Å². The summed E-state index contributed by atoms with van der Waals surface area (Å²) in [5, 5.41) is 15.2. The van der Waals surface area contributed by atoms with Crippen LogP contribution >= 0.6 is 11.3 Å². The molecule has 1 aromatic rings. The highest BCUT2D eigenvalue weighted by Crippen LogP contribution is 2.24. The van der Waals surface area contributed by atoms with Crippen LogP contribution in [-0.4, -0.2) is 48.9 Å². The van der Waals surface area contributed by atoms with Gasteiger partial charge >= 0.3 is 0 Å². The molecule has 1 rings (SSSR count). The van der Waals surface area contributed by atoms with Gasteiger partial charge in [-0.15, -0.1) is 0 Å². The summed E-state index contributed by atoms with van der Waals surface area (Å²) < 4.78 is 4.91. The number of nitrogens with two attached hydrogens (primary N) is 1. The van der Waals surface area contributed by atoms with E-state index in [1.165, 1.54) is 11.3 Å². The summed E-state index contributed by atoms with van der Waals surface area (Å²) >= 11 is 1.20. The van der Waals surface area contributed by atoms with Crippen LogP contribution < -0.4 is 16.4 Å². The predicted octanol–water partition coefficient (Wildman–Crippen LogP) is 0.284. The molecule has 0 radical (unpaired) electrons. The number of aliphatic hydroxyl groups is 1. The van der Waals surface area contributed by atoms with E-state index in [2.05, 4.69) is 15.6 Å². The fourth-order valence-corrected chi connectivity index (χ4v) is 2.20. The quantitative estimate of drug-likeness (QED) is 0.512. The van der Waals surface area contributed by atoms with Crippen molar-refractivity contribution in [1.82, 2.24) is 10.3 Å². The summed E-state index contributed by atoms with van der Waals surface area (Å²) in [5.41, 5.74) is 5.71. The zero-order valence-electron chi connectivity index (χ0n) is 11.1. The number of anilines is 2. The second-order valence-corrected chi connectivity index (χ2v) is 5.04. The smallest absolute Gasteiger partial charge is 0.265 e. The van der Waals surface area contributed by atoms with Crippen molar-refractivity contribution >= 4 is 28.2 Å². The maximum atomic E-state index is 11.9. The summed E-state index contributed by atoms with van der Waals surface area (Å²) in [7, 11) is 1.61. The first kappa shape index (κ1) is 15.7. The molecule has 7 nitrogen and oxygen atoms in total. The van der Waals surface area contributed by atoms with Gasteiger partial charge in [-0.25, -0.2) is 4.98 Å². The van der Waals surface area contributed by atoms with Crippen LogP contribution in [0.4, 0.5) is 10.9 Å². The van der Waals surface area contributed by atoms with E-state index in [4.69, 9.17) is 15.6 Å². The molecular formula is C11H20N4O3S. The summed E-state index contributed by atoms with van der Waals surface area (Å²) in [6.07, 6.45) is 0.503. The number of methoxy groups -OCH3 is 1. The number of nitrogen functional groups attached to an aromatic ring is 1. The number of carbonyl (C=O) groups excluding carboxylic acids is 1. The average Bonchev–Trinajstić information content (AvgIpc) is 2.71. The van der Waals surface area contributed by atoms with E-state index < -0.39 is 0 Å². The predicted molar refractivity (Wildman–Crippen MR) is 75.5 cm³/mol. The van der Waals surface area contributed by atoms with Gasteiger partial charge in [0.25, 0.3) is 5.91 Å². The van der Waals surface area contributed by atoms with Crippen LogP contribution in [0.15, 0.2) is 0 Å². The van der Waals surface area contributed by atoms with Crippen molar-refractivity contribution in [3.63, 3.8) is 0 Å². The number of hydrogen-bond donors (Lipinski definition) is 4. The van der Waals surface area contributed by atoms with Gasteiger partial charge in [-0.3, -0.25) is 4.79 Å². The fraction of sp³-hybridized carbons (Fsp3) is 0.636. The minimum Gasteiger partial charge on any atom is -0.396 e. The van der Waals surface area contributed by atoms with Gasteiger partial charge in [-0.05, 0) is 13.3 Å². The number of nitrogens with one attached hydrogen (secondary N) is 2. The van der Waals surface area contributed by atoms with Gasteiger partial charge in [-0.1, -0.05) is 11.3 Å². The molecule has 1 heterocycles. The van der Waals surface area contributed by atoms with Gasteiger partial charge in [-0.2, -0.15) is 0 Å². The highest BCUT2D eigenvalue weighted by molar-refractivity contribution is 7.18. The monoisotopic (exact) mass is 288 g/mol. The zero-order valence-corrected chi connectivity index (χ0v) is 11.9. The Morgan fingerprint density at radius 3 is 3.00 bits per heavy atom. The maximum Gasteiger partial charge on any atom is 0.265 e. The SMILES string of the molecule is COCCNc1nc(N)c(C(=O)NC(C)CCO)s1. The lowest BCUT2D eigenvalue weighted by molar-refractivity contribution is 0.0939. The van der Waals surface area contributed by atoms with Crippen LogP contribution in [0.1, 0.15) is 23.0 Å². The molecule has 1 aromatic heterocycles. The molecule has 5 N–H and O–H groups in total. The van der Waals surface area contributed by atoms with Gasteiger partial charge in [0.15, 0.2) is 5.13 Å². The third-order valence-corrected chi connectivity index (χ3v) is 3.41. The van der Waals surface area contributed by atoms with Crippen molar-refractivity contribution in [2.24, 2.45) is 0 Å². The van der Waals surface area contributed by atoms with Gasteiger partial charge in [0.1, 0.15) is 10.7 Å². The number of amides is 1. The first-order chi connectivity index (χ1) is 9.08. The normalized spacial score (nSPS) is 12.2. The Labute approximate surface area is 116 Å². The molecule has 1 unspecified atom stereocenters. The third-order valence-electron chi connectivity index (χ3n) is 2.38. The Morgan fingerprint density at radius 2 is 2.37 bits per heavy atom. The molecule has 0 bridgehead atoms. The van der Waals surface area contributed by atoms with Crippen LogP contribution in [0, 0.1) is 0 Å². The fourth-order valence-electron chi connectivity index (χ4n) is 1.39. The van der Waals surface area contributed by atoms with Crippen molar-refractivity contribution in [3.8, 4) is 0 Å². The van der Waals surface area contributed by atoms with Crippen molar-refractivity contribution in [2.75, 3.05) is 37.9 Å². The number of thiazole rings is 1. The molecule has 19 heavy (non-hydrogen) atoms. The molecule has 0 spiro atoms. The van der Waals surface area contributed by atoms with Crippen molar-refractivity contribution in [2.45, 2.75) is 19.4 Å². The summed E-state index contributed by atoms with van der Waals surface area (Å²) in [6, 6.07) is -0.107. The minimum absolute atomic E-state index is 0.0312. The number of ether oxygens (including phenoxy) is 1. The molecule has 0 aliphatic heterocycles. The standard InChI is InChI=1S/C11H20N4O3S/c1-7(3-5-16)14-10(17)8-9(12)15-11(19-8)13-4-6-18-2/h7,16H,3-6,12H2,1-2H3,(H,13,15)(H,14,17). The molecule has 0 saturated heterocycles. The number of aliphatic hydroxyl groups excluding tert-OH is 1. The molecule has 0 fully saturated rings. The largest absolute Gasteiger partial charge is 0.396 e. The highest BCUT2D eigenvalue weighted by Gasteiger charge is 2.17. The lowest BCUT2D eigenvalue weighted by Gasteiger charge is -2.11. The van der Waals surface area contributed by atoms with Crippen LogP contribution in [0.2, 0.25) is 0 Å². The Hall–Kier alpha value is -1.38. The summed E-state index contributed by atoms with van der Waals surface area (Å²) in [6.45, 7) is 3.01. The number of rotatable bonds is 8. The van der Waals surface area contributed by atoms with Crippen molar-refractivity contribution in [3.05, 3.63) is 4.88 Å². The lowest BCUT2D eigenvalue weighted by Crippen LogP contribution is -2.33. The molecule has 1 amide bonds.